The van der Waals surface area contributed by atoms with Crippen molar-refractivity contribution >= 4 is 11.9 Å². The molecule has 2 fully saturated rings. The third-order valence-electron chi connectivity index (χ3n) is 5.29. The molecule has 23 heavy (non-hydrogen) atoms. The maximum absolute atomic E-state index is 12.6. The molecule has 2 atom stereocenters. The summed E-state index contributed by atoms with van der Waals surface area (Å²) >= 11 is 0. The van der Waals surface area contributed by atoms with Crippen LogP contribution >= 0.6 is 0 Å². The standard InChI is InChI=1S/C19H25NO3/c1-12(2)13-3-5-14(6-4-13)16-11-17(16)18(21)20-9-7-15(8-10-20)19(22)23/h3-6,12,15-17H,7-11H2,1-2H3,(H,22,23)/t16-,17-/m1/s1. The molecule has 4 nitrogen and oxygen atoms in total. The first kappa shape index (κ1) is 16.0. The molecule has 124 valence electrons. The van der Waals surface area contributed by atoms with Gasteiger partial charge < -0.3 is 10.0 Å². The molecule has 1 amide bonds. The number of likely N-dealkylation sites (tertiary alicyclic amines) is 1. The molecule has 3 rings (SSSR count). The molecule has 4 heteroatoms. The number of carbonyl (C=O) groups excluding carboxylic acids is 1. The SMILES string of the molecule is CC(C)c1ccc([C@H]2C[C@H]2C(=O)N2CCC(C(=O)O)CC2)cc1. The summed E-state index contributed by atoms with van der Waals surface area (Å²) in [5, 5.41) is 9.03. The van der Waals surface area contributed by atoms with Crippen molar-refractivity contribution in [2.24, 2.45) is 11.8 Å². The molecule has 0 spiro atoms. The number of amides is 1. The second-order valence-corrected chi connectivity index (χ2v) is 7.21. The van der Waals surface area contributed by atoms with E-state index in [1.807, 2.05) is 4.90 Å². The molecule has 2 aliphatic rings. The molecular weight excluding hydrogens is 290 g/mol. The minimum absolute atomic E-state index is 0.0984. The van der Waals surface area contributed by atoms with Gasteiger partial charge in [0.25, 0.3) is 0 Å². The van der Waals surface area contributed by atoms with Gasteiger partial charge in [0.1, 0.15) is 0 Å². The molecule has 1 aliphatic heterocycles. The molecule has 1 saturated heterocycles. The van der Waals surface area contributed by atoms with Crippen molar-refractivity contribution in [3.63, 3.8) is 0 Å². The van der Waals surface area contributed by atoms with E-state index in [9.17, 15) is 9.59 Å². The number of benzene rings is 1. The highest BCUT2D eigenvalue weighted by molar-refractivity contribution is 5.83. The van der Waals surface area contributed by atoms with E-state index in [0.717, 1.165) is 6.42 Å². The highest BCUT2D eigenvalue weighted by Gasteiger charge is 2.46. The Morgan fingerprint density at radius 3 is 2.26 bits per heavy atom. The minimum atomic E-state index is -0.730. The Hall–Kier alpha value is -1.84. The predicted octanol–water partition coefficient (Wildman–Crippen LogP) is 3.24. The monoisotopic (exact) mass is 315 g/mol. The Morgan fingerprint density at radius 2 is 1.74 bits per heavy atom. The fourth-order valence-electron chi connectivity index (χ4n) is 3.55. The lowest BCUT2D eigenvalue weighted by Crippen LogP contribution is -2.41. The lowest BCUT2D eigenvalue weighted by molar-refractivity contribution is -0.146. The maximum Gasteiger partial charge on any atom is 0.306 e. The minimum Gasteiger partial charge on any atom is -0.481 e. The van der Waals surface area contributed by atoms with E-state index in [1.165, 1.54) is 11.1 Å². The van der Waals surface area contributed by atoms with Gasteiger partial charge >= 0.3 is 5.97 Å². The van der Waals surface area contributed by atoms with Crippen LogP contribution in [0.3, 0.4) is 0 Å². The number of carboxylic acid groups (broad SMARTS) is 1. The van der Waals surface area contributed by atoms with Gasteiger partial charge in [-0.05, 0) is 42.2 Å². The van der Waals surface area contributed by atoms with Crippen LogP contribution in [0, 0.1) is 11.8 Å². The van der Waals surface area contributed by atoms with Crippen LogP contribution in [0.2, 0.25) is 0 Å². The second kappa shape index (κ2) is 6.34. The van der Waals surface area contributed by atoms with Gasteiger partial charge in [0.2, 0.25) is 5.91 Å². The number of hydrogen-bond acceptors (Lipinski definition) is 2. The average molecular weight is 315 g/mol. The van der Waals surface area contributed by atoms with Gasteiger partial charge in [-0.15, -0.1) is 0 Å². The van der Waals surface area contributed by atoms with Crippen molar-refractivity contribution in [3.8, 4) is 0 Å². The lowest BCUT2D eigenvalue weighted by atomic mass is 9.96. The Morgan fingerprint density at radius 1 is 1.13 bits per heavy atom. The first-order valence-corrected chi connectivity index (χ1v) is 8.59. The summed E-state index contributed by atoms with van der Waals surface area (Å²) in [6.07, 6.45) is 2.10. The highest BCUT2D eigenvalue weighted by atomic mass is 16.4. The third-order valence-corrected chi connectivity index (χ3v) is 5.29. The van der Waals surface area contributed by atoms with E-state index < -0.39 is 5.97 Å². The summed E-state index contributed by atoms with van der Waals surface area (Å²) in [6, 6.07) is 8.64. The average Bonchev–Trinajstić information content (AvgIpc) is 3.35. The second-order valence-electron chi connectivity index (χ2n) is 7.21. The van der Waals surface area contributed by atoms with Crippen molar-refractivity contribution in [1.82, 2.24) is 4.90 Å². The van der Waals surface area contributed by atoms with Crippen LogP contribution in [0.15, 0.2) is 24.3 Å². The highest BCUT2D eigenvalue weighted by Crippen LogP contribution is 2.48. The van der Waals surface area contributed by atoms with E-state index in [4.69, 9.17) is 5.11 Å². The fourth-order valence-corrected chi connectivity index (χ4v) is 3.55. The van der Waals surface area contributed by atoms with E-state index in [1.54, 1.807) is 0 Å². The first-order valence-electron chi connectivity index (χ1n) is 8.59. The Kier molecular flexibility index (Phi) is 4.42. The van der Waals surface area contributed by atoms with Crippen molar-refractivity contribution in [1.29, 1.82) is 0 Å². The summed E-state index contributed by atoms with van der Waals surface area (Å²) in [7, 11) is 0. The normalized spacial score (nSPS) is 24.7. The third kappa shape index (κ3) is 3.41. The van der Waals surface area contributed by atoms with Gasteiger partial charge in [-0.1, -0.05) is 38.1 Å². The van der Waals surface area contributed by atoms with Gasteiger partial charge in [0.15, 0.2) is 0 Å². The largest absolute Gasteiger partial charge is 0.481 e. The fraction of sp³-hybridized carbons (Fsp3) is 0.579. The first-order chi connectivity index (χ1) is 11.0. The van der Waals surface area contributed by atoms with E-state index >= 15 is 0 Å². The van der Waals surface area contributed by atoms with Crippen LogP contribution < -0.4 is 0 Å². The van der Waals surface area contributed by atoms with Crippen molar-refractivity contribution in [3.05, 3.63) is 35.4 Å². The summed E-state index contributed by atoms with van der Waals surface area (Å²) in [4.78, 5) is 25.4. The zero-order chi connectivity index (χ0) is 16.6. The predicted molar refractivity (Wildman–Crippen MR) is 88.3 cm³/mol. The number of aliphatic carboxylic acids is 1. The molecule has 1 N–H and O–H groups in total. The van der Waals surface area contributed by atoms with Gasteiger partial charge in [-0.25, -0.2) is 0 Å². The summed E-state index contributed by atoms with van der Waals surface area (Å²) in [6.45, 7) is 5.54. The Bertz CT molecular complexity index is 585. The zero-order valence-corrected chi connectivity index (χ0v) is 13.9. The van der Waals surface area contributed by atoms with Gasteiger partial charge in [0, 0.05) is 19.0 Å². The number of hydrogen-bond donors (Lipinski definition) is 1. The molecule has 1 saturated carbocycles. The van der Waals surface area contributed by atoms with Crippen LogP contribution in [-0.2, 0) is 9.59 Å². The van der Waals surface area contributed by atoms with Gasteiger partial charge in [0.05, 0.1) is 5.92 Å². The van der Waals surface area contributed by atoms with Crippen molar-refractivity contribution in [2.45, 2.75) is 44.9 Å². The van der Waals surface area contributed by atoms with Crippen LogP contribution in [0.25, 0.3) is 0 Å². The van der Waals surface area contributed by atoms with Crippen LogP contribution in [-0.4, -0.2) is 35.0 Å². The van der Waals surface area contributed by atoms with Gasteiger partial charge in [-0.2, -0.15) is 0 Å². The zero-order valence-electron chi connectivity index (χ0n) is 13.9. The molecule has 0 radical (unpaired) electrons. The quantitative estimate of drug-likeness (QED) is 0.928. The molecule has 0 aromatic heterocycles. The molecule has 1 aromatic carbocycles. The number of nitrogens with zero attached hydrogens (tertiary/aromatic N) is 1. The molecule has 1 aromatic rings. The number of piperidine rings is 1. The van der Waals surface area contributed by atoms with Crippen LogP contribution in [0.1, 0.15) is 56.1 Å². The topological polar surface area (TPSA) is 57.6 Å². The van der Waals surface area contributed by atoms with E-state index in [0.29, 0.717) is 37.8 Å². The van der Waals surface area contributed by atoms with Gasteiger partial charge in [-0.3, -0.25) is 9.59 Å². The number of carbonyl (C=O) groups is 2. The molecule has 1 heterocycles. The summed E-state index contributed by atoms with van der Waals surface area (Å²) in [5.74, 6) is 0.175. The lowest BCUT2D eigenvalue weighted by Gasteiger charge is -2.30. The number of carboxylic acids is 1. The van der Waals surface area contributed by atoms with Crippen molar-refractivity contribution < 1.29 is 14.7 Å². The summed E-state index contributed by atoms with van der Waals surface area (Å²) in [5.41, 5.74) is 2.58. The maximum atomic E-state index is 12.6. The molecular formula is C19H25NO3. The van der Waals surface area contributed by atoms with E-state index in [-0.39, 0.29) is 17.7 Å². The van der Waals surface area contributed by atoms with Crippen LogP contribution in [0.4, 0.5) is 0 Å². The van der Waals surface area contributed by atoms with E-state index in [2.05, 4.69) is 38.1 Å². The summed E-state index contributed by atoms with van der Waals surface area (Å²) < 4.78 is 0. The Balaban J connectivity index is 1.56. The smallest absolute Gasteiger partial charge is 0.306 e. The molecule has 0 unspecified atom stereocenters. The number of rotatable bonds is 4. The molecule has 1 aliphatic carbocycles. The van der Waals surface area contributed by atoms with Crippen LogP contribution in [0.5, 0.6) is 0 Å². The Labute approximate surface area is 137 Å². The van der Waals surface area contributed by atoms with Crippen molar-refractivity contribution in [2.75, 3.05) is 13.1 Å². The molecule has 0 bridgehead atoms.